The third-order valence-electron chi connectivity index (χ3n) is 3.34. The standard InChI is InChI=1S/C17H21NO2/c1-13(20-12-14-7-4-3-5-8-14)17(18)15-9-6-10-16(11-15)19-2/h3-11,13,17H,12,18H2,1-2H3/t13-,17+/m0/s1. The number of methoxy groups -OCH3 is 1. The molecule has 20 heavy (non-hydrogen) atoms. The zero-order valence-corrected chi connectivity index (χ0v) is 12.0. The van der Waals surface area contributed by atoms with Crippen LogP contribution in [0, 0.1) is 0 Å². The van der Waals surface area contributed by atoms with Crippen molar-refractivity contribution >= 4 is 0 Å². The molecule has 106 valence electrons. The highest BCUT2D eigenvalue weighted by atomic mass is 16.5. The fraction of sp³-hybridized carbons (Fsp3) is 0.294. The van der Waals surface area contributed by atoms with Crippen LogP contribution in [-0.4, -0.2) is 13.2 Å². The summed E-state index contributed by atoms with van der Waals surface area (Å²) in [5.74, 6) is 0.813. The largest absolute Gasteiger partial charge is 0.497 e. The van der Waals surface area contributed by atoms with Gasteiger partial charge in [0.05, 0.1) is 25.9 Å². The SMILES string of the molecule is COc1cccc([C@H](N)[C@H](C)OCc2ccccc2)c1. The van der Waals surface area contributed by atoms with Gasteiger partial charge in [-0.2, -0.15) is 0 Å². The Morgan fingerprint density at radius 3 is 2.50 bits per heavy atom. The highest BCUT2D eigenvalue weighted by Crippen LogP contribution is 2.21. The first kappa shape index (κ1) is 14.6. The molecule has 3 nitrogen and oxygen atoms in total. The van der Waals surface area contributed by atoms with Crippen molar-refractivity contribution in [2.45, 2.75) is 25.7 Å². The fourth-order valence-corrected chi connectivity index (χ4v) is 2.03. The monoisotopic (exact) mass is 271 g/mol. The minimum Gasteiger partial charge on any atom is -0.497 e. The van der Waals surface area contributed by atoms with E-state index in [4.69, 9.17) is 15.2 Å². The Kier molecular flexibility index (Phi) is 5.16. The molecule has 2 atom stereocenters. The molecule has 0 spiro atoms. The zero-order chi connectivity index (χ0) is 14.4. The van der Waals surface area contributed by atoms with Gasteiger partial charge in [0, 0.05) is 0 Å². The van der Waals surface area contributed by atoms with Crippen LogP contribution in [0.3, 0.4) is 0 Å². The Labute approximate surface area is 120 Å². The third kappa shape index (κ3) is 3.83. The van der Waals surface area contributed by atoms with Gasteiger partial charge in [-0.15, -0.1) is 0 Å². The first-order valence-electron chi connectivity index (χ1n) is 6.76. The van der Waals surface area contributed by atoms with Crippen molar-refractivity contribution in [1.29, 1.82) is 0 Å². The van der Waals surface area contributed by atoms with Crippen molar-refractivity contribution in [1.82, 2.24) is 0 Å². The van der Waals surface area contributed by atoms with Gasteiger partial charge in [0.25, 0.3) is 0 Å². The van der Waals surface area contributed by atoms with E-state index in [9.17, 15) is 0 Å². The van der Waals surface area contributed by atoms with Crippen LogP contribution in [0.2, 0.25) is 0 Å². The molecule has 0 amide bonds. The second-order valence-electron chi connectivity index (χ2n) is 4.80. The van der Waals surface area contributed by atoms with Gasteiger partial charge in [0.15, 0.2) is 0 Å². The first-order chi connectivity index (χ1) is 9.70. The molecule has 0 saturated heterocycles. The van der Waals surface area contributed by atoms with Crippen LogP contribution in [0.1, 0.15) is 24.1 Å². The van der Waals surface area contributed by atoms with Crippen LogP contribution < -0.4 is 10.5 Å². The van der Waals surface area contributed by atoms with Gasteiger partial charge < -0.3 is 15.2 Å². The van der Waals surface area contributed by atoms with Crippen molar-refractivity contribution < 1.29 is 9.47 Å². The number of ether oxygens (including phenoxy) is 2. The number of benzene rings is 2. The van der Waals surface area contributed by atoms with E-state index < -0.39 is 0 Å². The van der Waals surface area contributed by atoms with E-state index in [-0.39, 0.29) is 12.1 Å². The summed E-state index contributed by atoms with van der Waals surface area (Å²) in [5.41, 5.74) is 8.41. The second kappa shape index (κ2) is 7.08. The lowest BCUT2D eigenvalue weighted by Gasteiger charge is -2.21. The highest BCUT2D eigenvalue weighted by Gasteiger charge is 2.16. The summed E-state index contributed by atoms with van der Waals surface area (Å²) >= 11 is 0. The van der Waals surface area contributed by atoms with Crippen LogP contribution in [0.5, 0.6) is 5.75 Å². The Bertz CT molecular complexity index is 528. The summed E-state index contributed by atoms with van der Waals surface area (Å²) < 4.78 is 11.1. The molecule has 0 fully saturated rings. The Morgan fingerprint density at radius 1 is 1.05 bits per heavy atom. The van der Waals surface area contributed by atoms with Gasteiger partial charge in [-0.1, -0.05) is 42.5 Å². The molecule has 0 aliphatic rings. The third-order valence-corrected chi connectivity index (χ3v) is 3.34. The van der Waals surface area contributed by atoms with E-state index >= 15 is 0 Å². The van der Waals surface area contributed by atoms with Crippen LogP contribution >= 0.6 is 0 Å². The zero-order valence-electron chi connectivity index (χ0n) is 12.0. The van der Waals surface area contributed by atoms with Gasteiger partial charge in [0.1, 0.15) is 5.75 Å². The molecule has 0 aliphatic heterocycles. The van der Waals surface area contributed by atoms with Gasteiger partial charge >= 0.3 is 0 Å². The average molecular weight is 271 g/mol. The molecule has 2 aromatic rings. The molecule has 2 N–H and O–H groups in total. The summed E-state index contributed by atoms with van der Waals surface area (Å²) in [7, 11) is 1.65. The van der Waals surface area contributed by atoms with Crippen LogP contribution in [0.25, 0.3) is 0 Å². The van der Waals surface area contributed by atoms with E-state index in [0.717, 1.165) is 16.9 Å². The van der Waals surface area contributed by atoms with E-state index in [0.29, 0.717) is 6.61 Å². The highest BCUT2D eigenvalue weighted by molar-refractivity contribution is 5.30. The summed E-state index contributed by atoms with van der Waals surface area (Å²) in [4.78, 5) is 0. The molecule has 2 aromatic carbocycles. The maximum atomic E-state index is 6.25. The lowest BCUT2D eigenvalue weighted by atomic mass is 10.0. The first-order valence-corrected chi connectivity index (χ1v) is 6.76. The summed E-state index contributed by atoms with van der Waals surface area (Å²) in [6.07, 6.45) is -0.0673. The van der Waals surface area contributed by atoms with Crippen LogP contribution in [0.15, 0.2) is 54.6 Å². The van der Waals surface area contributed by atoms with Crippen molar-refractivity contribution in [3.05, 3.63) is 65.7 Å². The molecule has 0 aliphatic carbocycles. The number of hydrogen-bond donors (Lipinski definition) is 1. The van der Waals surface area contributed by atoms with E-state index in [1.54, 1.807) is 7.11 Å². The predicted molar refractivity (Wildman–Crippen MR) is 80.6 cm³/mol. The summed E-state index contributed by atoms with van der Waals surface area (Å²) in [6.45, 7) is 2.56. The Hall–Kier alpha value is -1.84. The van der Waals surface area contributed by atoms with E-state index in [1.807, 2.05) is 61.5 Å². The lowest BCUT2D eigenvalue weighted by Crippen LogP contribution is -2.26. The molecule has 3 heteroatoms. The molecule has 0 heterocycles. The molecule has 0 aromatic heterocycles. The number of rotatable bonds is 6. The van der Waals surface area contributed by atoms with Crippen LogP contribution in [0.4, 0.5) is 0 Å². The van der Waals surface area contributed by atoms with Crippen molar-refractivity contribution in [2.24, 2.45) is 5.73 Å². The van der Waals surface area contributed by atoms with Gasteiger partial charge in [-0.25, -0.2) is 0 Å². The topological polar surface area (TPSA) is 44.5 Å². The van der Waals surface area contributed by atoms with Crippen LogP contribution in [-0.2, 0) is 11.3 Å². The van der Waals surface area contributed by atoms with Gasteiger partial charge in [-0.05, 0) is 30.2 Å². The normalized spacial score (nSPS) is 13.8. The molecule has 0 bridgehead atoms. The lowest BCUT2D eigenvalue weighted by molar-refractivity contribution is 0.0356. The van der Waals surface area contributed by atoms with E-state index in [2.05, 4.69) is 0 Å². The summed E-state index contributed by atoms with van der Waals surface area (Å²) in [5, 5.41) is 0. The summed E-state index contributed by atoms with van der Waals surface area (Å²) in [6, 6.07) is 17.7. The van der Waals surface area contributed by atoms with E-state index in [1.165, 1.54) is 0 Å². The van der Waals surface area contributed by atoms with Crippen molar-refractivity contribution in [3.8, 4) is 5.75 Å². The second-order valence-corrected chi connectivity index (χ2v) is 4.80. The fourth-order valence-electron chi connectivity index (χ4n) is 2.03. The maximum absolute atomic E-state index is 6.25. The maximum Gasteiger partial charge on any atom is 0.119 e. The molecule has 2 rings (SSSR count). The number of nitrogens with two attached hydrogens (primary N) is 1. The smallest absolute Gasteiger partial charge is 0.119 e. The predicted octanol–water partition coefficient (Wildman–Crippen LogP) is 3.30. The number of hydrogen-bond acceptors (Lipinski definition) is 3. The Balaban J connectivity index is 1.95. The molecular weight excluding hydrogens is 250 g/mol. The molecule has 0 radical (unpaired) electrons. The minimum absolute atomic E-state index is 0.0673. The Morgan fingerprint density at radius 2 is 1.80 bits per heavy atom. The molecule has 0 unspecified atom stereocenters. The van der Waals surface area contributed by atoms with Gasteiger partial charge in [-0.3, -0.25) is 0 Å². The molecular formula is C17H21NO2. The van der Waals surface area contributed by atoms with Gasteiger partial charge in [0.2, 0.25) is 0 Å². The van der Waals surface area contributed by atoms with Crippen molar-refractivity contribution in [3.63, 3.8) is 0 Å². The quantitative estimate of drug-likeness (QED) is 0.876. The van der Waals surface area contributed by atoms with Crippen molar-refractivity contribution in [2.75, 3.05) is 7.11 Å². The average Bonchev–Trinajstić information content (AvgIpc) is 2.53. The minimum atomic E-state index is -0.172. The molecule has 0 saturated carbocycles.